The molecule has 78 heavy (non-hydrogen) atoms. The van der Waals surface area contributed by atoms with Crippen LogP contribution in [0.5, 0.6) is 11.5 Å². The van der Waals surface area contributed by atoms with Crippen LogP contribution in [0.1, 0.15) is 94.1 Å². The van der Waals surface area contributed by atoms with Crippen molar-refractivity contribution < 1.29 is 91.0 Å². The molecule has 0 saturated heterocycles. The number of phenolic OH excluding ortho intramolecular Hbond substituents is 2. The second kappa shape index (κ2) is 31.1. The molecule has 0 radical (unpaired) electrons. The molecule has 0 aromatic heterocycles. The third-order valence-corrected chi connectivity index (χ3v) is 13.9. The topological polar surface area (TPSA) is 333 Å². The van der Waals surface area contributed by atoms with Gasteiger partial charge in [-0.2, -0.15) is 0 Å². The molecule has 0 spiro atoms. The Morgan fingerprint density at radius 3 is 1.54 bits per heavy atom. The number of anilines is 1. The summed E-state index contributed by atoms with van der Waals surface area (Å²) < 4.78 is 27.3. The third-order valence-electron chi connectivity index (χ3n) is 13.9. The summed E-state index contributed by atoms with van der Waals surface area (Å²) >= 11 is 0. The van der Waals surface area contributed by atoms with Crippen LogP contribution >= 0.6 is 0 Å². The van der Waals surface area contributed by atoms with Crippen LogP contribution in [-0.2, 0) is 49.3 Å². The Hall–Kier alpha value is -6.55. The number of amides is 4. The van der Waals surface area contributed by atoms with Crippen LogP contribution in [0.4, 0.5) is 21.0 Å². The summed E-state index contributed by atoms with van der Waals surface area (Å²) in [7, 11) is 4.33. The molecule has 12 atom stereocenters. The van der Waals surface area contributed by atoms with Gasteiger partial charge in [0.25, 0.3) is 11.8 Å². The summed E-state index contributed by atoms with van der Waals surface area (Å²) in [4.78, 5) is 74.9. The van der Waals surface area contributed by atoms with Gasteiger partial charge in [0.1, 0.15) is 18.0 Å². The molecule has 1 aliphatic carbocycles. The quantitative estimate of drug-likeness (QED) is 0.0886. The van der Waals surface area contributed by atoms with Gasteiger partial charge >= 0.3 is 12.2 Å². The minimum absolute atomic E-state index is 0. The average Bonchev–Trinajstić information content (AvgIpc) is 3.36. The number of allylic oxidation sites excluding steroid dienone is 6. The van der Waals surface area contributed by atoms with Gasteiger partial charge in [-0.25, -0.2) is 9.59 Å². The number of aliphatic hydroxyl groups excluding tert-OH is 2. The predicted molar refractivity (Wildman–Crippen MR) is 290 cm³/mol. The smallest absolute Gasteiger partial charge is 0.405 e. The fraction of sp³-hybridized carbons (Fsp3) is 0.509. The highest BCUT2D eigenvalue weighted by atomic mass is 35.5. The average molecular weight is 1110 g/mol. The Morgan fingerprint density at radius 1 is 0.679 bits per heavy atom. The van der Waals surface area contributed by atoms with Gasteiger partial charge in [-0.1, -0.05) is 90.2 Å². The minimum atomic E-state index is -0.933. The molecular formula is C57H82ClN5O15. The summed E-state index contributed by atoms with van der Waals surface area (Å²) in [6, 6.07) is 1.26. The highest BCUT2D eigenvalue weighted by Crippen LogP contribution is 2.40. The number of hydrogen-bond donors (Lipinski definition) is 9. The lowest BCUT2D eigenvalue weighted by molar-refractivity contribution is -0.257. The van der Waals surface area contributed by atoms with E-state index in [1.54, 1.807) is 64.2 Å². The number of aromatic hydroxyl groups is 2. The number of benzene rings is 1. The number of fused-ring (bicyclic) bond motifs is 4. The van der Waals surface area contributed by atoms with E-state index in [1.807, 2.05) is 53.7 Å². The SMILES string of the molecule is COC1=C2C[C@@H](C)C[C@H](OC)[C@H](O)[C@@H](C)/C=C(\C)[C@H](OC(N)=O)[C@@H](C)/C=C\C=C(/C)C(=O)NC(=CC1=O)C2=O.CO[C@H]1C[C@H](C)Cc2c([NH3+])c(O)cc(c2O)NC(=O)/C(C)=C/C=C\[C@H](C)[C@@H](OC(N)=O)/C(C)=C/[C@H](C)[C@H]1O.[Cl-]. The first-order chi connectivity index (χ1) is 36.1. The number of carbonyl (C=O) groups excluding carboxylic acids is 6. The van der Waals surface area contributed by atoms with Crippen molar-refractivity contribution in [3.63, 3.8) is 0 Å². The number of Topliss-reactive ketones (excluding diaryl/α,β-unsaturated/α-hetero) is 1. The molecule has 20 nitrogen and oxygen atoms in total. The summed E-state index contributed by atoms with van der Waals surface area (Å²) in [6.45, 7) is 17.9. The monoisotopic (exact) mass is 1110 g/mol. The molecule has 0 fully saturated rings. The van der Waals surface area contributed by atoms with Crippen molar-refractivity contribution in [2.75, 3.05) is 26.6 Å². The zero-order chi connectivity index (χ0) is 58.2. The Bertz CT molecular complexity index is 2600. The van der Waals surface area contributed by atoms with Gasteiger partial charge in [0, 0.05) is 66.8 Å². The molecule has 1 aromatic carbocycles. The maximum Gasteiger partial charge on any atom is 0.405 e. The molecule has 4 rings (SSSR count). The van der Waals surface area contributed by atoms with Gasteiger partial charge < -0.3 is 84.4 Å². The number of methoxy groups -OCH3 is 3. The number of ether oxygens (including phenoxy) is 5. The number of carbonyl (C=O) groups is 6. The molecule has 432 valence electrons. The number of ketones is 2. The second-order valence-electron chi connectivity index (χ2n) is 20.5. The first-order valence-electron chi connectivity index (χ1n) is 25.6. The van der Waals surface area contributed by atoms with E-state index in [2.05, 4.69) is 16.4 Å². The van der Waals surface area contributed by atoms with Crippen LogP contribution < -0.4 is 40.2 Å². The van der Waals surface area contributed by atoms with E-state index in [0.717, 1.165) is 6.08 Å². The summed E-state index contributed by atoms with van der Waals surface area (Å²) in [6.07, 6.45) is 9.78. The van der Waals surface area contributed by atoms with Crippen molar-refractivity contribution >= 4 is 46.9 Å². The maximum atomic E-state index is 13.3. The van der Waals surface area contributed by atoms with Crippen molar-refractivity contribution in [3.8, 4) is 11.5 Å². The lowest BCUT2D eigenvalue weighted by Crippen LogP contribution is -3.00. The van der Waals surface area contributed by atoms with Gasteiger partial charge in [0.15, 0.2) is 17.2 Å². The highest BCUT2D eigenvalue weighted by molar-refractivity contribution is 6.23. The van der Waals surface area contributed by atoms with E-state index in [0.29, 0.717) is 41.5 Å². The summed E-state index contributed by atoms with van der Waals surface area (Å²) in [5.74, 6) is -4.10. The lowest BCUT2D eigenvalue weighted by atomic mass is 9.85. The van der Waals surface area contributed by atoms with Gasteiger partial charge in [0.2, 0.25) is 11.6 Å². The van der Waals surface area contributed by atoms with Crippen LogP contribution in [0.15, 0.2) is 100 Å². The van der Waals surface area contributed by atoms with E-state index in [4.69, 9.17) is 35.2 Å². The number of nitrogens with two attached hydrogens (primary N) is 2. The van der Waals surface area contributed by atoms with Crippen molar-refractivity contribution in [2.24, 2.45) is 47.0 Å². The number of primary amides is 2. The molecule has 2 heterocycles. The first-order valence-corrected chi connectivity index (χ1v) is 25.6. The standard InChI is InChI=1S/C29H40N2O8.C28H41N3O7.ClH/c1-15-11-20-25(34)21(14-22(32)27(20)38-7)31-28(35)17(3)10-8-9-16(2)26(39-29(30)36)19(5)13-18(4)24(33)23(12-15)37-6;1-14-10-19-23(29)21(32)13-20(25(19)34)31-27(35)16(3)9-7-8-15(2)26(38-28(30)36)18(5)12-17(4)24(33)22(11-14)37-6;/h8-10,13-16,18,23-24,26,33H,11-12H2,1-7H3,(H2,30,36)(H,31,35);7-9,12-15,17,22,24,26,32-34H,10-11,29H2,1-6H3,(H2,30,36)(H,31,35);1H/b9-8-,17-10+,19-13+;8-7-,16-9+,18-12+;/t15-,16+,18+,23+,24-,26-;14-,15+,17+,22+,24-,26-;/m11./s1. The number of aliphatic hydroxyl groups is 2. The zero-order valence-corrected chi connectivity index (χ0v) is 47.8. The van der Waals surface area contributed by atoms with Crippen LogP contribution in [0.25, 0.3) is 0 Å². The fourth-order valence-corrected chi connectivity index (χ4v) is 9.57. The third kappa shape index (κ3) is 18.8. The predicted octanol–water partition coefficient (Wildman–Crippen LogP) is 3.09. The van der Waals surface area contributed by atoms with Crippen molar-refractivity contribution in [1.82, 2.24) is 5.32 Å². The van der Waals surface area contributed by atoms with Crippen LogP contribution in [0.3, 0.4) is 0 Å². The largest absolute Gasteiger partial charge is 1.00 e. The van der Waals surface area contributed by atoms with E-state index >= 15 is 0 Å². The van der Waals surface area contributed by atoms with Crippen LogP contribution in [-0.4, -0.2) is 114 Å². The van der Waals surface area contributed by atoms with E-state index in [1.165, 1.54) is 27.4 Å². The van der Waals surface area contributed by atoms with Crippen molar-refractivity contribution in [2.45, 2.75) is 132 Å². The van der Waals surface area contributed by atoms with Crippen LogP contribution in [0.2, 0.25) is 0 Å². The highest BCUT2D eigenvalue weighted by Gasteiger charge is 2.35. The normalized spacial score (nSPS) is 31.9. The van der Waals surface area contributed by atoms with E-state index < -0.39 is 72.2 Å². The van der Waals surface area contributed by atoms with Crippen LogP contribution in [0, 0.1) is 35.5 Å². The molecular weight excluding hydrogens is 1030 g/mol. The first kappa shape index (κ1) is 67.6. The second-order valence-corrected chi connectivity index (χ2v) is 20.5. The number of quaternary nitrogens is 1. The number of nitrogens with one attached hydrogen (secondary N) is 2. The Kier molecular flexibility index (Phi) is 27.0. The molecule has 4 bridgehead atoms. The van der Waals surface area contributed by atoms with Crippen molar-refractivity contribution in [1.29, 1.82) is 0 Å². The van der Waals surface area contributed by atoms with Gasteiger partial charge in [-0.05, 0) is 76.4 Å². The molecule has 2 aliphatic heterocycles. The Labute approximate surface area is 464 Å². The van der Waals surface area contributed by atoms with Gasteiger partial charge in [-0.3, -0.25) is 19.2 Å². The fourth-order valence-electron chi connectivity index (χ4n) is 9.57. The number of rotatable bonds is 5. The lowest BCUT2D eigenvalue weighted by Gasteiger charge is -2.29. The Morgan fingerprint density at radius 2 is 1.12 bits per heavy atom. The molecule has 1 aromatic rings. The minimum Gasteiger partial charge on any atom is -1.00 e. The molecule has 13 N–H and O–H groups in total. The van der Waals surface area contributed by atoms with E-state index in [-0.39, 0.29) is 99.8 Å². The van der Waals surface area contributed by atoms with Gasteiger partial charge in [-0.15, -0.1) is 0 Å². The molecule has 3 aliphatic rings. The molecule has 21 heteroatoms. The van der Waals surface area contributed by atoms with E-state index in [9.17, 15) is 49.2 Å². The molecule has 0 unspecified atom stereocenters. The number of phenols is 2. The molecule has 0 saturated carbocycles. The van der Waals surface area contributed by atoms with Gasteiger partial charge in [0.05, 0.1) is 48.5 Å². The zero-order valence-electron chi connectivity index (χ0n) is 47.0. The summed E-state index contributed by atoms with van der Waals surface area (Å²) in [5.41, 5.74) is 17.3. The number of halogens is 1. The van der Waals surface area contributed by atoms with Crippen molar-refractivity contribution in [3.05, 3.63) is 106 Å². The maximum absolute atomic E-state index is 13.3. The molecule has 4 amide bonds. The number of hydrogen-bond acceptors (Lipinski definition) is 15. The summed E-state index contributed by atoms with van der Waals surface area (Å²) in [5, 5.41) is 48.8. The Balaban J connectivity index is 0.000000527.